The largest absolute Gasteiger partial charge is 0.340 e. The van der Waals surface area contributed by atoms with Crippen molar-refractivity contribution >= 4 is 0 Å². The highest BCUT2D eigenvalue weighted by molar-refractivity contribution is 4.88. The normalized spacial score (nSPS) is 18.2. The van der Waals surface area contributed by atoms with E-state index in [-0.39, 0.29) is 5.69 Å². The van der Waals surface area contributed by atoms with Crippen LogP contribution in [0, 0.1) is 5.92 Å². The van der Waals surface area contributed by atoms with E-state index >= 15 is 0 Å². The van der Waals surface area contributed by atoms with Crippen LogP contribution >= 0.6 is 0 Å². The summed E-state index contributed by atoms with van der Waals surface area (Å²) in [4.78, 5) is 13.2. The molecule has 2 rings (SSSR count). The number of rotatable bonds is 2. The van der Waals surface area contributed by atoms with Gasteiger partial charge in [-0.15, -0.1) is 0 Å². The van der Waals surface area contributed by atoms with Gasteiger partial charge in [0.1, 0.15) is 5.82 Å². The third kappa shape index (κ3) is 1.32. The summed E-state index contributed by atoms with van der Waals surface area (Å²) in [6.45, 7) is 2.07. The Hall–Kier alpha value is -1.10. The Bertz CT molecular complexity index is 285. The van der Waals surface area contributed by atoms with Crippen LogP contribution in [0.25, 0.3) is 0 Å². The lowest BCUT2D eigenvalue weighted by atomic mass is 9.99. The molecule has 1 aliphatic heterocycles. The molecule has 5 nitrogen and oxygen atoms in total. The minimum Gasteiger partial charge on any atom is -0.316 e. The number of hydrogen-bond donors (Lipinski definition) is 3. The lowest BCUT2D eigenvalue weighted by Crippen LogP contribution is -2.43. The molecule has 5 heteroatoms. The molecular formula is C6H10N4O. The molecule has 0 unspecified atom stereocenters. The first-order chi connectivity index (χ1) is 5.34. The van der Waals surface area contributed by atoms with Crippen LogP contribution < -0.4 is 11.0 Å². The zero-order valence-corrected chi connectivity index (χ0v) is 6.05. The fraction of sp³-hybridized carbons (Fsp3) is 0.667. The molecular weight excluding hydrogens is 144 g/mol. The Morgan fingerprint density at radius 2 is 2.36 bits per heavy atom. The summed E-state index contributed by atoms with van der Waals surface area (Å²) in [7, 11) is 0. The van der Waals surface area contributed by atoms with E-state index in [0.717, 1.165) is 25.3 Å². The van der Waals surface area contributed by atoms with Crippen molar-refractivity contribution < 1.29 is 0 Å². The minimum atomic E-state index is -0.215. The van der Waals surface area contributed by atoms with Crippen LogP contribution in [0.2, 0.25) is 0 Å². The smallest absolute Gasteiger partial charge is 0.316 e. The van der Waals surface area contributed by atoms with Gasteiger partial charge in [-0.25, -0.2) is 9.89 Å². The zero-order valence-electron chi connectivity index (χ0n) is 6.05. The van der Waals surface area contributed by atoms with E-state index in [0.29, 0.717) is 5.92 Å². The van der Waals surface area contributed by atoms with E-state index < -0.39 is 0 Å². The summed E-state index contributed by atoms with van der Waals surface area (Å²) in [6, 6.07) is 0. The summed E-state index contributed by atoms with van der Waals surface area (Å²) in [5, 5.41) is 9.32. The second-order valence-corrected chi connectivity index (χ2v) is 2.85. The van der Waals surface area contributed by atoms with Crippen LogP contribution in [-0.4, -0.2) is 28.3 Å². The molecule has 2 heterocycles. The molecule has 0 radical (unpaired) electrons. The predicted molar refractivity (Wildman–Crippen MR) is 39.3 cm³/mol. The second kappa shape index (κ2) is 2.50. The Morgan fingerprint density at radius 3 is 2.82 bits per heavy atom. The molecule has 1 fully saturated rings. The molecule has 60 valence electrons. The van der Waals surface area contributed by atoms with E-state index in [1.54, 1.807) is 0 Å². The maximum absolute atomic E-state index is 10.6. The molecule has 0 bridgehead atoms. The molecule has 0 aliphatic carbocycles. The number of aromatic amines is 2. The number of H-pyrrole nitrogens is 2. The molecule has 0 aromatic carbocycles. The van der Waals surface area contributed by atoms with Gasteiger partial charge in [0.2, 0.25) is 0 Å². The average Bonchev–Trinajstić information content (AvgIpc) is 2.27. The van der Waals surface area contributed by atoms with E-state index in [4.69, 9.17) is 0 Å². The van der Waals surface area contributed by atoms with Gasteiger partial charge < -0.3 is 5.32 Å². The van der Waals surface area contributed by atoms with Gasteiger partial charge in [-0.2, -0.15) is 5.10 Å². The van der Waals surface area contributed by atoms with Gasteiger partial charge in [0.05, 0.1) is 0 Å². The number of nitrogens with one attached hydrogen (secondary N) is 3. The van der Waals surface area contributed by atoms with E-state index in [1.807, 2.05) is 0 Å². The third-order valence-electron chi connectivity index (χ3n) is 1.90. The molecule has 0 atom stereocenters. The molecule has 0 saturated carbocycles. The van der Waals surface area contributed by atoms with Crippen LogP contribution in [0.4, 0.5) is 0 Å². The van der Waals surface area contributed by atoms with Gasteiger partial charge in [0.25, 0.3) is 0 Å². The molecule has 1 aromatic rings. The van der Waals surface area contributed by atoms with Gasteiger partial charge in [-0.3, -0.25) is 4.98 Å². The highest BCUT2D eigenvalue weighted by atomic mass is 16.1. The van der Waals surface area contributed by atoms with Crippen molar-refractivity contribution in [2.24, 2.45) is 5.92 Å². The van der Waals surface area contributed by atoms with Crippen molar-refractivity contribution in [2.75, 3.05) is 13.1 Å². The molecule has 1 aromatic heterocycles. The first-order valence-electron chi connectivity index (χ1n) is 3.69. The van der Waals surface area contributed by atoms with Gasteiger partial charge in [0.15, 0.2) is 0 Å². The fourth-order valence-electron chi connectivity index (χ4n) is 1.17. The number of hydrogen-bond acceptors (Lipinski definition) is 3. The van der Waals surface area contributed by atoms with Crippen molar-refractivity contribution in [1.29, 1.82) is 0 Å². The van der Waals surface area contributed by atoms with Gasteiger partial charge in [-0.1, -0.05) is 0 Å². The van der Waals surface area contributed by atoms with Crippen molar-refractivity contribution in [3.8, 4) is 0 Å². The first kappa shape index (κ1) is 6.60. The maximum Gasteiger partial charge on any atom is 0.340 e. The third-order valence-corrected chi connectivity index (χ3v) is 1.90. The van der Waals surface area contributed by atoms with Gasteiger partial charge in [-0.05, 0) is 19.0 Å². The van der Waals surface area contributed by atoms with Crippen LogP contribution in [0.15, 0.2) is 4.79 Å². The van der Waals surface area contributed by atoms with E-state index in [1.165, 1.54) is 0 Å². The standard InChI is InChI=1S/C6H10N4O/c11-6-8-5(9-10-6)1-4-2-7-3-4/h4,7H,1-3H2,(H2,8,9,10,11). The molecule has 0 amide bonds. The van der Waals surface area contributed by atoms with Crippen molar-refractivity contribution in [3.05, 3.63) is 16.3 Å². The fourth-order valence-corrected chi connectivity index (χ4v) is 1.17. The lowest BCUT2D eigenvalue weighted by Gasteiger charge is -2.25. The van der Waals surface area contributed by atoms with Crippen LogP contribution in [0.5, 0.6) is 0 Å². The topological polar surface area (TPSA) is 73.6 Å². The second-order valence-electron chi connectivity index (χ2n) is 2.85. The average molecular weight is 154 g/mol. The predicted octanol–water partition coefficient (Wildman–Crippen LogP) is -1.14. The summed E-state index contributed by atoms with van der Waals surface area (Å²) in [5.41, 5.74) is -0.215. The molecule has 11 heavy (non-hydrogen) atoms. The van der Waals surface area contributed by atoms with Crippen LogP contribution in [-0.2, 0) is 6.42 Å². The van der Waals surface area contributed by atoms with E-state index in [9.17, 15) is 4.79 Å². The number of nitrogens with zero attached hydrogens (tertiary/aromatic N) is 1. The van der Waals surface area contributed by atoms with Crippen molar-refractivity contribution in [2.45, 2.75) is 6.42 Å². The Labute approximate surface area is 63.2 Å². The van der Waals surface area contributed by atoms with Crippen molar-refractivity contribution in [3.63, 3.8) is 0 Å². The van der Waals surface area contributed by atoms with Crippen LogP contribution in [0.1, 0.15) is 5.82 Å². The minimum absolute atomic E-state index is 0.215. The SMILES string of the molecule is O=c1[nH]nc(CC2CNC2)[nH]1. The van der Waals surface area contributed by atoms with Crippen LogP contribution in [0.3, 0.4) is 0 Å². The summed E-state index contributed by atoms with van der Waals surface area (Å²) in [6.07, 6.45) is 0.867. The first-order valence-corrected chi connectivity index (χ1v) is 3.69. The Kier molecular flexibility index (Phi) is 1.50. The zero-order chi connectivity index (χ0) is 7.68. The highest BCUT2D eigenvalue weighted by Gasteiger charge is 2.18. The molecule has 1 saturated heterocycles. The molecule has 0 spiro atoms. The lowest BCUT2D eigenvalue weighted by molar-refractivity contribution is 0.341. The summed E-state index contributed by atoms with van der Waals surface area (Å²) < 4.78 is 0. The molecule has 1 aliphatic rings. The van der Waals surface area contributed by atoms with Gasteiger partial charge in [0, 0.05) is 6.42 Å². The molecule has 3 N–H and O–H groups in total. The van der Waals surface area contributed by atoms with Crippen molar-refractivity contribution in [1.82, 2.24) is 20.5 Å². The quantitative estimate of drug-likeness (QED) is 0.504. The van der Waals surface area contributed by atoms with E-state index in [2.05, 4.69) is 20.5 Å². The van der Waals surface area contributed by atoms with Gasteiger partial charge >= 0.3 is 5.69 Å². The monoisotopic (exact) mass is 154 g/mol. The maximum atomic E-state index is 10.6. The Balaban J connectivity index is 2.00. The number of aromatic nitrogens is 3. The highest BCUT2D eigenvalue weighted by Crippen LogP contribution is 2.06. The Morgan fingerprint density at radius 1 is 1.55 bits per heavy atom. The summed E-state index contributed by atoms with van der Waals surface area (Å²) >= 11 is 0. The summed E-state index contributed by atoms with van der Waals surface area (Å²) in [5.74, 6) is 1.41.